The largest absolute Gasteiger partial charge is 0.478 e. The predicted octanol–water partition coefficient (Wildman–Crippen LogP) is -1.89. The molecular weight excluding hydrogens is 258 g/mol. The lowest BCUT2D eigenvalue weighted by Crippen LogP contribution is -2.12. The maximum Gasteiger partial charge on any atom is 0.328 e. The first kappa shape index (κ1) is 18.5. The smallest absolute Gasteiger partial charge is 0.328 e. The van der Waals surface area contributed by atoms with Gasteiger partial charge < -0.3 is 15.9 Å². The van der Waals surface area contributed by atoms with Crippen LogP contribution in [0.3, 0.4) is 0 Å². The number of primary amides is 1. The van der Waals surface area contributed by atoms with Crippen LogP contribution >= 0.6 is 0 Å². The van der Waals surface area contributed by atoms with Crippen molar-refractivity contribution in [1.82, 2.24) is 9.97 Å². The van der Waals surface area contributed by atoms with E-state index in [0.29, 0.717) is 12.2 Å². The monoisotopic (exact) mass is 271 g/mol. The summed E-state index contributed by atoms with van der Waals surface area (Å²) in [5.41, 5.74) is 5.06. The third-order valence-electron chi connectivity index (χ3n) is 1.18. The second kappa shape index (κ2) is 11.6. The number of rotatable bonds is 3. The Morgan fingerprint density at radius 2 is 1.53 bits per heavy atom. The molecule has 0 spiro atoms. The maximum absolute atomic E-state index is 10.3. The minimum Gasteiger partial charge on any atom is -0.478 e. The molecule has 0 saturated carbocycles. The Bertz CT molecular complexity index is 418. The zero-order chi connectivity index (χ0) is 15.3. The zero-order valence-electron chi connectivity index (χ0n) is 9.63. The Hall–Kier alpha value is -2.85. The molecule has 1 amide bonds. The van der Waals surface area contributed by atoms with Gasteiger partial charge in [0.1, 0.15) is 5.69 Å². The van der Waals surface area contributed by atoms with E-state index in [9.17, 15) is 14.4 Å². The molecule has 0 radical (unpaired) electrons. The van der Waals surface area contributed by atoms with Crippen LogP contribution in [0.5, 0.6) is 0 Å². The summed E-state index contributed by atoms with van der Waals surface area (Å²) >= 11 is 0. The summed E-state index contributed by atoms with van der Waals surface area (Å²) in [7, 11) is 0. The van der Waals surface area contributed by atoms with Gasteiger partial charge in [0.05, 0.1) is 6.20 Å². The summed E-state index contributed by atoms with van der Waals surface area (Å²) in [5, 5.41) is 15.6. The second-order valence-electron chi connectivity index (χ2n) is 2.46. The van der Waals surface area contributed by atoms with E-state index < -0.39 is 17.8 Å². The molecule has 1 aromatic heterocycles. The molecule has 0 aromatic carbocycles. The number of aliphatic carboxylic acids is 2. The van der Waals surface area contributed by atoms with Gasteiger partial charge in [0, 0.05) is 24.5 Å². The van der Waals surface area contributed by atoms with Gasteiger partial charge in [-0.25, -0.2) is 14.6 Å². The average Bonchev–Trinajstić information content (AvgIpc) is 2.40. The van der Waals surface area contributed by atoms with Crippen molar-refractivity contribution in [2.45, 2.75) is 0 Å². The predicted molar refractivity (Wildman–Crippen MR) is 63.3 cm³/mol. The summed E-state index contributed by atoms with van der Waals surface area (Å²) < 4.78 is 0. The Morgan fingerprint density at radius 1 is 1.05 bits per heavy atom. The number of hydrogen-bond donors (Lipinski definition) is 5. The lowest BCUT2D eigenvalue weighted by molar-refractivity contribution is -0.134. The molecule has 0 bridgehead atoms. The van der Waals surface area contributed by atoms with Crippen LogP contribution in [0.15, 0.2) is 30.7 Å². The molecule has 8 N–H and O–H groups in total. The first-order valence-electron chi connectivity index (χ1n) is 4.46. The highest BCUT2D eigenvalue weighted by molar-refractivity contribution is 5.90. The number of hydrogen-bond acceptors (Lipinski definition) is 7. The minimum absolute atomic E-state index is 0.192. The lowest BCUT2D eigenvalue weighted by Gasteiger charge is -1.87. The highest BCUT2D eigenvalue weighted by Gasteiger charge is 1.97. The number of nitrogens with zero attached hydrogens (tertiary/aromatic N) is 2. The van der Waals surface area contributed by atoms with Gasteiger partial charge in [-0.3, -0.25) is 21.5 Å². The van der Waals surface area contributed by atoms with Gasteiger partial charge in [-0.15, -0.1) is 0 Å². The molecule has 0 unspecified atom stereocenters. The fourth-order valence-corrected chi connectivity index (χ4v) is 0.569. The number of carbonyl (C=O) groups is 3. The highest BCUT2D eigenvalue weighted by Crippen LogP contribution is 1.84. The number of amides is 1. The van der Waals surface area contributed by atoms with E-state index in [0.717, 1.165) is 0 Å². The van der Waals surface area contributed by atoms with Gasteiger partial charge in [-0.2, -0.15) is 0 Å². The summed E-state index contributed by atoms with van der Waals surface area (Å²) in [5.74, 6) is 4.93. The molecular formula is C9H13N5O5. The second-order valence-corrected chi connectivity index (χ2v) is 2.46. The van der Waals surface area contributed by atoms with Crippen LogP contribution < -0.4 is 17.4 Å². The number of nitrogens with two attached hydrogens (primary N) is 3. The van der Waals surface area contributed by atoms with E-state index in [1.807, 2.05) is 0 Å². The molecule has 0 aliphatic heterocycles. The molecule has 1 aromatic rings. The van der Waals surface area contributed by atoms with Crippen molar-refractivity contribution in [3.8, 4) is 0 Å². The van der Waals surface area contributed by atoms with Crippen LogP contribution in [0.2, 0.25) is 0 Å². The molecule has 10 nitrogen and oxygen atoms in total. The highest BCUT2D eigenvalue weighted by atomic mass is 16.4. The molecule has 0 aliphatic carbocycles. The Kier molecular flexibility index (Phi) is 11.3. The van der Waals surface area contributed by atoms with Gasteiger partial charge in [-0.1, -0.05) is 0 Å². The molecule has 0 atom stereocenters. The van der Waals surface area contributed by atoms with E-state index in [2.05, 4.69) is 21.7 Å². The molecule has 0 fully saturated rings. The first-order valence-corrected chi connectivity index (χ1v) is 4.46. The van der Waals surface area contributed by atoms with Crippen molar-refractivity contribution >= 4 is 17.8 Å². The molecule has 1 rings (SSSR count). The van der Waals surface area contributed by atoms with Crippen LogP contribution in [0.1, 0.15) is 10.5 Å². The van der Waals surface area contributed by atoms with Gasteiger partial charge in [0.15, 0.2) is 0 Å². The normalized spacial score (nSPS) is 8.53. The van der Waals surface area contributed by atoms with Crippen LogP contribution in [-0.2, 0) is 9.59 Å². The summed E-state index contributed by atoms with van der Waals surface area (Å²) in [4.78, 5) is 36.7. The molecule has 0 saturated heterocycles. The van der Waals surface area contributed by atoms with Crippen LogP contribution in [0.25, 0.3) is 0 Å². The van der Waals surface area contributed by atoms with Crippen molar-refractivity contribution in [3.05, 3.63) is 36.4 Å². The summed E-state index contributed by atoms with van der Waals surface area (Å²) in [6.07, 6.45) is 5.33. The molecule has 1 heterocycles. The molecule has 0 aliphatic rings. The van der Waals surface area contributed by atoms with Crippen molar-refractivity contribution in [3.63, 3.8) is 0 Å². The average molecular weight is 271 g/mol. The van der Waals surface area contributed by atoms with Crippen LogP contribution in [0, 0.1) is 0 Å². The Morgan fingerprint density at radius 3 is 1.74 bits per heavy atom. The van der Waals surface area contributed by atoms with Gasteiger partial charge in [-0.05, 0) is 0 Å². The van der Waals surface area contributed by atoms with Crippen molar-refractivity contribution in [1.29, 1.82) is 0 Å². The Labute approximate surface area is 107 Å². The standard InChI is InChI=1S/C5H5N3O.C4H4O4.H4N2/c6-5(9)4-3-7-1-2-8-4;5-3(6)1-2-4(7)8;1-2/h1-3H,(H2,6,9);1-2H,(H,5,6)(H,7,8);1-2H2/b;2-1+;. The molecule has 104 valence electrons. The minimum atomic E-state index is -1.26. The van der Waals surface area contributed by atoms with Gasteiger partial charge in [0.2, 0.25) is 0 Å². The maximum atomic E-state index is 10.3. The number of carbonyl (C=O) groups excluding carboxylic acids is 1. The van der Waals surface area contributed by atoms with E-state index in [1.54, 1.807) is 0 Å². The fraction of sp³-hybridized carbons (Fsp3) is 0. The zero-order valence-corrected chi connectivity index (χ0v) is 9.63. The number of carboxylic acid groups (broad SMARTS) is 2. The molecule has 19 heavy (non-hydrogen) atoms. The van der Waals surface area contributed by atoms with Crippen molar-refractivity contribution < 1.29 is 24.6 Å². The van der Waals surface area contributed by atoms with E-state index in [4.69, 9.17) is 15.9 Å². The van der Waals surface area contributed by atoms with E-state index in [1.165, 1.54) is 18.6 Å². The fourth-order valence-electron chi connectivity index (χ4n) is 0.569. The van der Waals surface area contributed by atoms with Gasteiger partial charge in [0.25, 0.3) is 5.91 Å². The van der Waals surface area contributed by atoms with Crippen LogP contribution in [0.4, 0.5) is 0 Å². The van der Waals surface area contributed by atoms with E-state index >= 15 is 0 Å². The number of aromatic nitrogens is 2. The first-order chi connectivity index (χ1) is 8.93. The Balaban J connectivity index is 0. The van der Waals surface area contributed by atoms with Crippen molar-refractivity contribution in [2.24, 2.45) is 17.4 Å². The third kappa shape index (κ3) is 13.1. The van der Waals surface area contributed by atoms with Crippen LogP contribution in [-0.4, -0.2) is 38.0 Å². The number of hydrazine groups is 1. The quantitative estimate of drug-likeness (QED) is 0.237. The summed E-state index contributed by atoms with van der Waals surface area (Å²) in [6.45, 7) is 0. The number of carboxylic acids is 2. The lowest BCUT2D eigenvalue weighted by atomic mass is 10.4. The topological polar surface area (TPSA) is 196 Å². The molecule has 10 heteroatoms. The van der Waals surface area contributed by atoms with Crippen molar-refractivity contribution in [2.75, 3.05) is 0 Å². The summed E-state index contributed by atoms with van der Waals surface area (Å²) in [6, 6.07) is 0. The van der Waals surface area contributed by atoms with Gasteiger partial charge >= 0.3 is 11.9 Å². The SMILES string of the molecule is NC(=O)c1cnccn1.NN.O=C(O)/C=C/C(=O)O. The third-order valence-corrected chi connectivity index (χ3v) is 1.18. The van der Waals surface area contributed by atoms with E-state index in [-0.39, 0.29) is 5.69 Å².